The van der Waals surface area contributed by atoms with Crippen LogP contribution in [0.25, 0.3) is 0 Å². The van der Waals surface area contributed by atoms with E-state index in [-0.39, 0.29) is 14.9 Å². The van der Waals surface area contributed by atoms with Crippen molar-refractivity contribution in [3.63, 3.8) is 0 Å². The molecule has 1 atom stereocenters. The quantitative estimate of drug-likeness (QED) is 0.600. The number of ether oxygens (including phenoxy) is 1. The highest BCUT2D eigenvalue weighted by molar-refractivity contribution is 14.1. The maximum absolute atomic E-state index is 9.46. The van der Waals surface area contributed by atoms with Crippen LogP contribution in [-0.4, -0.2) is 16.8 Å². The third-order valence-electron chi connectivity index (χ3n) is 3.36. The van der Waals surface area contributed by atoms with Crippen molar-refractivity contribution in [2.24, 2.45) is 0 Å². The van der Waals surface area contributed by atoms with E-state index in [1.54, 1.807) is 24.3 Å². The molecular formula is C15H13IO3. The molecule has 2 aromatic carbocycles. The van der Waals surface area contributed by atoms with Crippen LogP contribution in [0.2, 0.25) is 0 Å². The van der Waals surface area contributed by atoms with Gasteiger partial charge >= 0.3 is 0 Å². The maximum Gasteiger partial charge on any atom is 0.126 e. The minimum absolute atomic E-state index is 0.143. The van der Waals surface area contributed by atoms with Crippen molar-refractivity contribution >= 4 is 22.6 Å². The molecule has 4 heteroatoms. The Morgan fingerprint density at radius 1 is 1.00 bits per heavy atom. The van der Waals surface area contributed by atoms with Crippen LogP contribution in [0.5, 0.6) is 17.2 Å². The lowest BCUT2D eigenvalue weighted by atomic mass is 9.90. The second kappa shape index (κ2) is 4.59. The highest BCUT2D eigenvalue weighted by Crippen LogP contribution is 2.43. The zero-order valence-electron chi connectivity index (χ0n) is 10.1. The van der Waals surface area contributed by atoms with Crippen LogP contribution in [0.4, 0.5) is 0 Å². The van der Waals surface area contributed by atoms with Gasteiger partial charge in [-0.15, -0.1) is 0 Å². The van der Waals surface area contributed by atoms with E-state index >= 15 is 0 Å². The van der Waals surface area contributed by atoms with E-state index in [1.807, 2.05) is 18.2 Å². The van der Waals surface area contributed by atoms with E-state index in [0.29, 0.717) is 6.61 Å². The van der Waals surface area contributed by atoms with Gasteiger partial charge in [0.05, 0.1) is 3.42 Å². The first-order valence-corrected chi connectivity index (χ1v) is 7.08. The Balaban J connectivity index is 1.95. The van der Waals surface area contributed by atoms with Gasteiger partial charge in [0.25, 0.3) is 0 Å². The molecule has 1 aliphatic heterocycles. The van der Waals surface area contributed by atoms with Crippen LogP contribution in [0, 0.1) is 0 Å². The lowest BCUT2D eigenvalue weighted by Gasteiger charge is -2.33. The Kier molecular flexibility index (Phi) is 3.05. The zero-order chi connectivity index (χ0) is 13.5. The lowest BCUT2D eigenvalue weighted by molar-refractivity contribution is 0.252. The fourth-order valence-electron chi connectivity index (χ4n) is 2.31. The van der Waals surface area contributed by atoms with Gasteiger partial charge in [-0.1, -0.05) is 40.8 Å². The standard InChI is InChI=1S/C15H13IO3/c16-15(11-2-5-12(17)6-3-11)8-10-1-4-13(18)7-14(10)19-9-15/h1-7,17-18H,8-9H2/t15-/m0/s1. The second-order valence-electron chi connectivity index (χ2n) is 4.77. The van der Waals surface area contributed by atoms with Crippen LogP contribution >= 0.6 is 22.6 Å². The number of benzene rings is 2. The molecule has 0 radical (unpaired) electrons. The van der Waals surface area contributed by atoms with Crippen molar-refractivity contribution in [3.8, 4) is 17.2 Å². The maximum atomic E-state index is 9.46. The minimum atomic E-state index is -0.143. The molecule has 0 aliphatic carbocycles. The van der Waals surface area contributed by atoms with Gasteiger partial charge in [0, 0.05) is 6.07 Å². The van der Waals surface area contributed by atoms with Crippen molar-refractivity contribution in [1.29, 1.82) is 0 Å². The summed E-state index contributed by atoms with van der Waals surface area (Å²) in [6, 6.07) is 12.5. The Labute approximate surface area is 125 Å². The summed E-state index contributed by atoms with van der Waals surface area (Å²) in [6.45, 7) is 0.550. The Hall–Kier alpha value is -1.43. The molecule has 19 heavy (non-hydrogen) atoms. The summed E-state index contributed by atoms with van der Waals surface area (Å²) in [5.74, 6) is 1.25. The van der Waals surface area contributed by atoms with Crippen LogP contribution in [0.1, 0.15) is 11.1 Å². The van der Waals surface area contributed by atoms with E-state index in [0.717, 1.165) is 23.3 Å². The average Bonchev–Trinajstić information content (AvgIpc) is 2.40. The third kappa shape index (κ3) is 2.36. The molecule has 0 fully saturated rings. The predicted octanol–water partition coefficient (Wildman–Crippen LogP) is 3.36. The van der Waals surface area contributed by atoms with Crippen molar-refractivity contribution in [1.82, 2.24) is 0 Å². The van der Waals surface area contributed by atoms with Crippen molar-refractivity contribution in [2.45, 2.75) is 9.84 Å². The van der Waals surface area contributed by atoms with Gasteiger partial charge in [-0.3, -0.25) is 0 Å². The first kappa shape index (κ1) is 12.6. The largest absolute Gasteiger partial charge is 0.508 e. The number of rotatable bonds is 1. The van der Waals surface area contributed by atoms with Crippen LogP contribution in [0.3, 0.4) is 0 Å². The summed E-state index contributed by atoms with van der Waals surface area (Å²) in [4.78, 5) is 0. The Bertz CT molecular complexity index is 609. The van der Waals surface area contributed by atoms with Gasteiger partial charge in [0.15, 0.2) is 0 Å². The summed E-state index contributed by atoms with van der Waals surface area (Å²) in [5, 5.41) is 18.8. The van der Waals surface area contributed by atoms with Gasteiger partial charge in [-0.25, -0.2) is 0 Å². The normalized spacial score (nSPS) is 21.5. The number of hydrogen-bond donors (Lipinski definition) is 2. The van der Waals surface area contributed by atoms with Crippen LogP contribution in [0.15, 0.2) is 42.5 Å². The van der Waals surface area contributed by atoms with Crippen LogP contribution in [-0.2, 0) is 9.84 Å². The number of phenols is 2. The molecule has 0 spiro atoms. The van der Waals surface area contributed by atoms with Crippen molar-refractivity contribution < 1.29 is 14.9 Å². The molecule has 0 bridgehead atoms. The van der Waals surface area contributed by atoms with Crippen molar-refractivity contribution in [2.75, 3.05) is 6.61 Å². The summed E-state index contributed by atoms with van der Waals surface area (Å²) in [5.41, 5.74) is 2.22. The molecule has 2 aromatic rings. The Morgan fingerprint density at radius 2 is 1.68 bits per heavy atom. The number of phenolic OH excluding ortho intramolecular Hbond substituents is 2. The van der Waals surface area contributed by atoms with Crippen molar-refractivity contribution in [3.05, 3.63) is 53.6 Å². The smallest absolute Gasteiger partial charge is 0.126 e. The molecule has 0 saturated heterocycles. The van der Waals surface area contributed by atoms with Gasteiger partial charge in [-0.2, -0.15) is 0 Å². The van der Waals surface area contributed by atoms with E-state index in [9.17, 15) is 10.2 Å². The van der Waals surface area contributed by atoms with E-state index in [2.05, 4.69) is 22.6 Å². The Morgan fingerprint density at radius 3 is 2.42 bits per heavy atom. The zero-order valence-corrected chi connectivity index (χ0v) is 12.3. The number of fused-ring (bicyclic) bond motifs is 1. The van der Waals surface area contributed by atoms with Gasteiger partial charge in [0.2, 0.25) is 0 Å². The molecule has 0 aromatic heterocycles. The second-order valence-corrected chi connectivity index (χ2v) is 6.83. The predicted molar refractivity (Wildman–Crippen MR) is 81.1 cm³/mol. The van der Waals surface area contributed by atoms with E-state index in [4.69, 9.17) is 4.74 Å². The highest BCUT2D eigenvalue weighted by Gasteiger charge is 2.35. The number of hydrogen-bond acceptors (Lipinski definition) is 3. The number of aromatic hydroxyl groups is 2. The van der Waals surface area contributed by atoms with Gasteiger partial charge < -0.3 is 14.9 Å². The number of alkyl halides is 1. The first-order valence-electron chi connectivity index (χ1n) is 6.00. The molecule has 1 heterocycles. The molecule has 3 nitrogen and oxygen atoms in total. The summed E-state index contributed by atoms with van der Waals surface area (Å²) >= 11 is 2.40. The monoisotopic (exact) mass is 368 g/mol. The summed E-state index contributed by atoms with van der Waals surface area (Å²) in [7, 11) is 0. The van der Waals surface area contributed by atoms with E-state index < -0.39 is 0 Å². The molecule has 2 N–H and O–H groups in total. The molecule has 3 rings (SSSR count). The third-order valence-corrected chi connectivity index (χ3v) is 4.68. The first-order chi connectivity index (χ1) is 9.07. The highest BCUT2D eigenvalue weighted by atomic mass is 127. The minimum Gasteiger partial charge on any atom is -0.508 e. The molecule has 0 amide bonds. The fraction of sp³-hybridized carbons (Fsp3) is 0.200. The van der Waals surface area contributed by atoms with Gasteiger partial charge in [-0.05, 0) is 35.7 Å². The SMILES string of the molecule is Oc1ccc([C@@]2(I)COc3cc(O)ccc3C2)cc1. The molecule has 98 valence electrons. The topological polar surface area (TPSA) is 49.7 Å². The van der Waals surface area contributed by atoms with Crippen LogP contribution < -0.4 is 4.74 Å². The molecular weight excluding hydrogens is 355 g/mol. The average molecular weight is 368 g/mol. The summed E-state index contributed by atoms with van der Waals surface area (Å²) < 4.78 is 5.63. The van der Waals surface area contributed by atoms with E-state index in [1.165, 1.54) is 0 Å². The lowest BCUT2D eigenvalue weighted by Crippen LogP contribution is -2.33. The fourth-order valence-corrected chi connectivity index (χ4v) is 3.24. The summed E-state index contributed by atoms with van der Waals surface area (Å²) in [6.07, 6.45) is 0.841. The molecule has 0 unspecified atom stereocenters. The van der Waals surface area contributed by atoms with Gasteiger partial charge in [0.1, 0.15) is 23.9 Å². The molecule has 1 aliphatic rings. The number of halogens is 1. The molecule has 0 saturated carbocycles.